The summed E-state index contributed by atoms with van der Waals surface area (Å²) in [6.45, 7) is 0. The lowest BCUT2D eigenvalue weighted by Crippen LogP contribution is -2.44. The van der Waals surface area contributed by atoms with Crippen LogP contribution < -0.4 is 20.2 Å². The van der Waals surface area contributed by atoms with Crippen molar-refractivity contribution in [2.75, 3.05) is 7.11 Å². The fraction of sp³-hybridized carbons (Fsp3) is 0.0625. The van der Waals surface area contributed by atoms with Gasteiger partial charge in [0, 0.05) is 15.7 Å². The van der Waals surface area contributed by atoms with Crippen molar-refractivity contribution in [1.29, 1.82) is 0 Å². The zero-order chi connectivity index (χ0) is 17.1. The molecule has 24 heavy (non-hydrogen) atoms. The molecule has 0 radical (unpaired) electrons. The number of hydrogen-bond donors (Lipinski definition) is 1. The van der Waals surface area contributed by atoms with Gasteiger partial charge >= 0.3 is 11.3 Å². The highest BCUT2D eigenvalue weighted by Crippen LogP contribution is 2.15. The molecule has 0 atom stereocenters. The van der Waals surface area contributed by atoms with Gasteiger partial charge in [-0.3, -0.25) is 9.52 Å². The summed E-state index contributed by atoms with van der Waals surface area (Å²) in [4.78, 5) is 15.9. The van der Waals surface area contributed by atoms with E-state index in [2.05, 4.69) is 32.9 Å². The van der Waals surface area contributed by atoms with E-state index in [1.807, 2.05) is 12.1 Å². The Labute approximate surface area is 150 Å². The van der Waals surface area contributed by atoms with Crippen molar-refractivity contribution in [2.24, 2.45) is 4.99 Å². The molecule has 1 heterocycles. The van der Waals surface area contributed by atoms with Gasteiger partial charge in [0.2, 0.25) is 5.69 Å². The second-order valence-electron chi connectivity index (χ2n) is 4.76. The summed E-state index contributed by atoms with van der Waals surface area (Å²) in [5.74, 6) is -0.0383. The van der Waals surface area contributed by atoms with E-state index in [0.29, 0.717) is 17.1 Å². The van der Waals surface area contributed by atoms with Crippen LogP contribution in [0.25, 0.3) is 5.69 Å². The number of nitrogens with one attached hydrogen (secondary N) is 1. The number of nitrogens with zero attached hydrogens (tertiary/aromatic N) is 2. The van der Waals surface area contributed by atoms with Crippen LogP contribution in [0.3, 0.4) is 0 Å². The van der Waals surface area contributed by atoms with Gasteiger partial charge in [-0.2, -0.15) is 0 Å². The summed E-state index contributed by atoms with van der Waals surface area (Å²) in [6, 6.07) is 13.8. The third-order valence-electron chi connectivity index (χ3n) is 3.24. The molecule has 0 bridgehead atoms. The number of aliphatic imine (C=N–C) groups is 1. The minimum absolute atomic E-state index is 0.210. The molecule has 1 N–H and O–H groups in total. The second-order valence-corrected chi connectivity index (χ2v) is 6.00. The van der Waals surface area contributed by atoms with Gasteiger partial charge in [0.25, 0.3) is 0 Å². The van der Waals surface area contributed by atoms with Crippen LogP contribution in [0.1, 0.15) is 5.69 Å². The van der Waals surface area contributed by atoms with Gasteiger partial charge in [-0.25, -0.2) is 4.79 Å². The Morgan fingerprint density at radius 3 is 2.50 bits per heavy atom. The molecule has 0 spiro atoms. The first-order valence-corrected chi connectivity index (χ1v) is 7.96. The quantitative estimate of drug-likeness (QED) is 0.288. The fourth-order valence-corrected chi connectivity index (χ4v) is 2.41. The first-order valence-electron chi connectivity index (χ1n) is 6.88. The van der Waals surface area contributed by atoms with Crippen LogP contribution in [0.4, 0.5) is 5.69 Å². The predicted molar refractivity (Wildman–Crippen MR) is 92.8 cm³/mol. The van der Waals surface area contributed by atoms with Crippen molar-refractivity contribution in [3.63, 3.8) is 0 Å². The molecule has 3 rings (SSSR count). The largest absolute Gasteiger partial charge is 0.854 e. The van der Waals surface area contributed by atoms with Gasteiger partial charge in [0.15, 0.2) is 0 Å². The zero-order valence-corrected chi connectivity index (χ0v) is 14.7. The van der Waals surface area contributed by atoms with E-state index >= 15 is 0 Å². The maximum atomic E-state index is 12.4. The van der Waals surface area contributed by atoms with Gasteiger partial charge in [-0.1, -0.05) is 0 Å². The molecule has 0 fully saturated rings. The molecule has 0 amide bonds. The molecule has 0 saturated carbocycles. The van der Waals surface area contributed by atoms with Crippen LogP contribution in [0.15, 0.2) is 62.8 Å². The molecule has 0 aliphatic heterocycles. The molecule has 1 aromatic heterocycles. The summed E-state index contributed by atoms with van der Waals surface area (Å²) in [5, 5.41) is 14.8. The molecule has 0 saturated heterocycles. The summed E-state index contributed by atoms with van der Waals surface area (Å²) in [5.41, 5.74) is 0.00824. The Bertz CT molecular complexity index is 927. The van der Waals surface area contributed by atoms with Gasteiger partial charge in [0.1, 0.15) is 5.75 Å². The first-order chi connectivity index (χ1) is 11.6. The van der Waals surface area contributed by atoms with Crippen LogP contribution in [-0.2, 0) is 0 Å². The van der Waals surface area contributed by atoms with E-state index in [-0.39, 0.29) is 5.69 Å². The molecule has 3 aromatic rings. The maximum Gasteiger partial charge on any atom is 0.436 e. The average molecular weight is 437 g/mol. The van der Waals surface area contributed by atoms with Crippen molar-refractivity contribution in [3.05, 3.63) is 68.2 Å². The first kappa shape index (κ1) is 16.2. The second kappa shape index (κ2) is 6.87. The van der Waals surface area contributed by atoms with E-state index in [1.54, 1.807) is 43.5 Å². The molecule has 122 valence electrons. The average Bonchev–Trinajstić information content (AvgIpc) is 2.98. The lowest BCUT2D eigenvalue weighted by molar-refractivity contribution is -0.673. The Kier molecular flexibility index (Phi) is 4.65. The van der Waals surface area contributed by atoms with Crippen molar-refractivity contribution in [2.45, 2.75) is 0 Å². The molecule has 0 aliphatic carbocycles. The summed E-state index contributed by atoms with van der Waals surface area (Å²) in [7, 11) is 1.55. The number of benzene rings is 2. The summed E-state index contributed by atoms with van der Waals surface area (Å²) < 4.78 is 12.1. The predicted octanol–water partition coefficient (Wildman–Crippen LogP) is 1.30. The standard InChI is InChI=1S/C16H12IN3O4/c1-23-13-8-6-12(7-9-13)20-14(16(22)24-19-20)15(21)18-11-4-2-10(17)3-5-11/h2-9H,1H3,(H-,18,19,21,22). The molecule has 8 heteroatoms. The third kappa shape index (κ3) is 3.32. The highest BCUT2D eigenvalue weighted by Gasteiger charge is 2.23. The highest BCUT2D eigenvalue weighted by atomic mass is 127. The Morgan fingerprint density at radius 2 is 1.88 bits per heavy atom. The zero-order valence-electron chi connectivity index (χ0n) is 12.5. The number of halogens is 1. The number of methoxy groups -OCH3 is 1. The number of rotatable bonds is 4. The van der Waals surface area contributed by atoms with Gasteiger partial charge in [-0.05, 0) is 68.9 Å². The Morgan fingerprint density at radius 1 is 1.21 bits per heavy atom. The van der Waals surface area contributed by atoms with Gasteiger partial charge in [0.05, 0.1) is 18.7 Å². The number of aromatic nitrogens is 2. The van der Waals surface area contributed by atoms with Crippen molar-refractivity contribution in [1.82, 2.24) is 5.27 Å². The normalized spacial score (nSPS) is 11.5. The number of H-pyrrole nitrogens is 1. The molecular formula is C16H12IN3O4. The molecule has 0 aliphatic rings. The molecule has 7 nitrogen and oxygen atoms in total. The van der Waals surface area contributed by atoms with Crippen LogP contribution >= 0.6 is 22.6 Å². The number of aromatic amines is 1. The van der Waals surface area contributed by atoms with Crippen LogP contribution in [0.5, 0.6) is 5.75 Å². The van der Waals surface area contributed by atoms with E-state index in [1.165, 1.54) is 4.68 Å². The van der Waals surface area contributed by atoms with Crippen molar-refractivity contribution >= 4 is 34.2 Å². The molecule has 2 aromatic carbocycles. The van der Waals surface area contributed by atoms with Crippen LogP contribution in [0.2, 0.25) is 0 Å². The van der Waals surface area contributed by atoms with Gasteiger partial charge < -0.3 is 9.84 Å². The minimum Gasteiger partial charge on any atom is -0.854 e. The van der Waals surface area contributed by atoms with Crippen LogP contribution in [-0.4, -0.2) is 18.3 Å². The summed E-state index contributed by atoms with van der Waals surface area (Å²) >= 11 is 2.15. The monoisotopic (exact) mass is 437 g/mol. The number of hydrogen-bond acceptors (Lipinski definition) is 5. The third-order valence-corrected chi connectivity index (χ3v) is 3.96. The highest BCUT2D eigenvalue weighted by molar-refractivity contribution is 14.1. The van der Waals surface area contributed by atoms with E-state index in [9.17, 15) is 9.90 Å². The summed E-state index contributed by atoms with van der Waals surface area (Å²) in [6.07, 6.45) is 0. The fourth-order valence-electron chi connectivity index (χ4n) is 2.05. The lowest BCUT2D eigenvalue weighted by atomic mass is 10.3. The number of ether oxygens (including phenoxy) is 1. The Hall–Kier alpha value is -2.62. The topological polar surface area (TPSA) is 94.5 Å². The SMILES string of the molecule is COc1ccc(-[n+]2[nH]oc(=O)c2C([O-])=Nc2ccc(I)cc2)cc1. The van der Waals surface area contributed by atoms with E-state index in [4.69, 9.17) is 9.26 Å². The Balaban J connectivity index is 2.03. The van der Waals surface area contributed by atoms with Crippen LogP contribution in [0, 0.1) is 3.57 Å². The lowest BCUT2D eigenvalue weighted by Gasteiger charge is -2.04. The smallest absolute Gasteiger partial charge is 0.436 e. The maximum absolute atomic E-state index is 12.4. The minimum atomic E-state index is -0.787. The van der Waals surface area contributed by atoms with Crippen molar-refractivity contribution in [3.8, 4) is 11.4 Å². The molecular weight excluding hydrogens is 425 g/mol. The van der Waals surface area contributed by atoms with Crippen molar-refractivity contribution < 1.29 is 19.0 Å². The van der Waals surface area contributed by atoms with Gasteiger partial charge in [-0.15, -0.1) is 0 Å². The van der Waals surface area contributed by atoms with E-state index < -0.39 is 11.5 Å². The van der Waals surface area contributed by atoms with E-state index in [0.717, 1.165) is 3.57 Å². The molecule has 0 unspecified atom stereocenters.